The summed E-state index contributed by atoms with van der Waals surface area (Å²) >= 11 is 0. The monoisotopic (exact) mass is 341 g/mol. The summed E-state index contributed by atoms with van der Waals surface area (Å²) in [6.07, 6.45) is -4.45. The fraction of sp³-hybridized carbons (Fsp3) is 0.375. The number of esters is 1. The van der Waals surface area contributed by atoms with Crippen LogP contribution in [0.15, 0.2) is 24.3 Å². The molecule has 2 rings (SSSR count). The summed E-state index contributed by atoms with van der Waals surface area (Å²) in [7, 11) is 0. The molecule has 130 valence electrons. The first-order chi connectivity index (χ1) is 11.2. The van der Waals surface area contributed by atoms with E-state index in [2.05, 4.69) is 5.10 Å². The summed E-state index contributed by atoms with van der Waals surface area (Å²) in [4.78, 5) is 11.8. The highest BCUT2D eigenvalue weighted by Gasteiger charge is 2.31. The molecule has 0 fully saturated rings. The number of alkyl halides is 3. The zero-order valence-electron chi connectivity index (χ0n) is 13.5. The van der Waals surface area contributed by atoms with E-state index in [0.717, 1.165) is 12.1 Å². The highest BCUT2D eigenvalue weighted by Crippen LogP contribution is 2.31. The Labute approximate surface area is 137 Å². The molecule has 2 aromatic rings. The van der Waals surface area contributed by atoms with Gasteiger partial charge in [-0.05, 0) is 39.0 Å². The van der Waals surface area contributed by atoms with Crippen LogP contribution in [0.5, 0.6) is 0 Å². The second-order valence-electron chi connectivity index (χ2n) is 5.27. The second-order valence-corrected chi connectivity index (χ2v) is 5.27. The normalized spacial score (nSPS) is 13.0. The van der Waals surface area contributed by atoms with Crippen LogP contribution in [0.2, 0.25) is 0 Å². The molecule has 1 aromatic heterocycles. The van der Waals surface area contributed by atoms with Crippen molar-refractivity contribution in [1.29, 1.82) is 0 Å². The van der Waals surface area contributed by atoms with Gasteiger partial charge in [-0.25, -0.2) is 9.48 Å². The minimum atomic E-state index is -4.45. The van der Waals surface area contributed by atoms with E-state index >= 15 is 0 Å². The Morgan fingerprint density at radius 1 is 1.38 bits per heavy atom. The fourth-order valence-corrected chi connectivity index (χ4v) is 2.52. The Kier molecular flexibility index (Phi) is 4.98. The highest BCUT2D eigenvalue weighted by atomic mass is 19.4. The number of nitrogens with two attached hydrogens (primary N) is 1. The molecule has 0 saturated heterocycles. The summed E-state index contributed by atoms with van der Waals surface area (Å²) in [6.45, 7) is 5.14. The van der Waals surface area contributed by atoms with Crippen LogP contribution in [0.4, 0.5) is 13.2 Å². The van der Waals surface area contributed by atoms with Gasteiger partial charge in [0.1, 0.15) is 6.04 Å². The molecule has 2 N–H and O–H groups in total. The van der Waals surface area contributed by atoms with E-state index in [1.165, 1.54) is 16.8 Å². The van der Waals surface area contributed by atoms with Gasteiger partial charge in [0, 0.05) is 11.3 Å². The van der Waals surface area contributed by atoms with Gasteiger partial charge in [-0.1, -0.05) is 6.07 Å². The van der Waals surface area contributed by atoms with Crippen LogP contribution in [0.3, 0.4) is 0 Å². The van der Waals surface area contributed by atoms with Crippen molar-refractivity contribution in [3.63, 3.8) is 0 Å². The quantitative estimate of drug-likeness (QED) is 0.868. The maximum Gasteiger partial charge on any atom is 0.416 e. The smallest absolute Gasteiger partial charge is 0.416 e. The zero-order valence-corrected chi connectivity index (χ0v) is 13.5. The van der Waals surface area contributed by atoms with E-state index < -0.39 is 23.8 Å². The Morgan fingerprint density at radius 2 is 2.04 bits per heavy atom. The largest absolute Gasteiger partial charge is 0.465 e. The van der Waals surface area contributed by atoms with Gasteiger partial charge in [-0.3, -0.25) is 0 Å². The molecule has 0 aliphatic heterocycles. The van der Waals surface area contributed by atoms with Crippen molar-refractivity contribution >= 4 is 5.97 Å². The molecule has 5 nitrogen and oxygen atoms in total. The van der Waals surface area contributed by atoms with Crippen molar-refractivity contribution in [1.82, 2.24) is 9.78 Å². The van der Waals surface area contributed by atoms with Gasteiger partial charge in [-0.15, -0.1) is 0 Å². The third kappa shape index (κ3) is 3.43. The SMILES string of the molecule is CCOC(=O)[C@H](N)c1c(C)nn(-c2cccc(C(F)(F)F)c2)c1C. The molecule has 0 aliphatic carbocycles. The standard InChI is InChI=1S/C16H18F3N3O2/c1-4-24-15(23)14(20)13-9(2)21-22(10(13)3)12-7-5-6-11(8-12)16(17,18)19/h5-8,14H,4,20H2,1-3H3/t14-/m1/s1. The third-order valence-electron chi connectivity index (χ3n) is 3.62. The molecule has 0 saturated carbocycles. The first-order valence-electron chi connectivity index (χ1n) is 7.32. The van der Waals surface area contributed by atoms with Crippen LogP contribution in [-0.2, 0) is 15.7 Å². The highest BCUT2D eigenvalue weighted by molar-refractivity contribution is 5.78. The Bertz CT molecular complexity index is 754. The van der Waals surface area contributed by atoms with Gasteiger partial charge in [0.15, 0.2) is 0 Å². The number of benzene rings is 1. The predicted molar refractivity (Wildman–Crippen MR) is 81.6 cm³/mol. The third-order valence-corrected chi connectivity index (χ3v) is 3.62. The molecule has 0 spiro atoms. The number of nitrogens with zero attached hydrogens (tertiary/aromatic N) is 2. The van der Waals surface area contributed by atoms with Gasteiger partial charge in [0.2, 0.25) is 0 Å². The summed E-state index contributed by atoms with van der Waals surface area (Å²) in [5, 5.41) is 4.23. The Morgan fingerprint density at radius 3 is 2.62 bits per heavy atom. The Balaban J connectivity index is 2.48. The molecule has 0 unspecified atom stereocenters. The number of ether oxygens (including phenoxy) is 1. The van der Waals surface area contributed by atoms with E-state index in [1.54, 1.807) is 20.8 Å². The molecule has 0 bridgehead atoms. The van der Waals surface area contributed by atoms with Gasteiger partial charge in [0.05, 0.1) is 23.6 Å². The summed E-state index contributed by atoms with van der Waals surface area (Å²) < 4.78 is 44.9. The molecule has 0 amide bonds. The van der Waals surface area contributed by atoms with Crippen molar-refractivity contribution in [3.05, 3.63) is 46.8 Å². The zero-order chi connectivity index (χ0) is 18.1. The number of hydrogen-bond donors (Lipinski definition) is 1. The van der Waals surface area contributed by atoms with Crippen LogP contribution in [0.1, 0.15) is 35.5 Å². The number of carbonyl (C=O) groups is 1. The van der Waals surface area contributed by atoms with E-state index in [1.807, 2.05) is 0 Å². The number of halogens is 3. The molecule has 1 aromatic carbocycles. The number of carbonyl (C=O) groups excluding carboxylic acids is 1. The molecular weight excluding hydrogens is 323 g/mol. The number of aromatic nitrogens is 2. The number of aryl methyl sites for hydroxylation is 1. The van der Waals surface area contributed by atoms with E-state index in [4.69, 9.17) is 10.5 Å². The van der Waals surface area contributed by atoms with Crippen LogP contribution in [0.25, 0.3) is 5.69 Å². The first kappa shape index (κ1) is 18.0. The lowest BCUT2D eigenvalue weighted by Gasteiger charge is -2.12. The minimum absolute atomic E-state index is 0.187. The fourth-order valence-electron chi connectivity index (χ4n) is 2.52. The van der Waals surface area contributed by atoms with Crippen LogP contribution < -0.4 is 5.73 Å². The molecule has 1 heterocycles. The van der Waals surface area contributed by atoms with Gasteiger partial charge in [0.25, 0.3) is 0 Å². The van der Waals surface area contributed by atoms with Gasteiger partial charge >= 0.3 is 12.1 Å². The molecule has 0 aliphatic rings. The maximum absolute atomic E-state index is 12.9. The predicted octanol–water partition coefficient (Wildman–Crippen LogP) is 3.07. The van der Waals surface area contributed by atoms with Crippen molar-refractivity contribution in [2.45, 2.75) is 33.0 Å². The van der Waals surface area contributed by atoms with Gasteiger partial charge < -0.3 is 10.5 Å². The average molecular weight is 341 g/mol. The lowest BCUT2D eigenvalue weighted by molar-refractivity contribution is -0.144. The lowest BCUT2D eigenvalue weighted by atomic mass is 10.1. The van der Waals surface area contributed by atoms with Crippen molar-refractivity contribution in [2.24, 2.45) is 5.73 Å². The van der Waals surface area contributed by atoms with Crippen LogP contribution >= 0.6 is 0 Å². The van der Waals surface area contributed by atoms with Crippen LogP contribution in [-0.4, -0.2) is 22.4 Å². The van der Waals surface area contributed by atoms with E-state index in [0.29, 0.717) is 17.0 Å². The molecule has 0 radical (unpaired) electrons. The number of rotatable bonds is 4. The maximum atomic E-state index is 12.9. The summed E-state index contributed by atoms with van der Waals surface area (Å²) in [6, 6.07) is 3.76. The number of hydrogen-bond acceptors (Lipinski definition) is 4. The van der Waals surface area contributed by atoms with Crippen molar-refractivity contribution < 1.29 is 22.7 Å². The average Bonchev–Trinajstić information content (AvgIpc) is 2.81. The summed E-state index contributed by atoms with van der Waals surface area (Å²) in [5.41, 5.74) is 6.78. The molecular formula is C16H18F3N3O2. The van der Waals surface area contributed by atoms with Crippen molar-refractivity contribution in [2.75, 3.05) is 6.61 Å². The topological polar surface area (TPSA) is 70.1 Å². The minimum Gasteiger partial charge on any atom is -0.465 e. The second kappa shape index (κ2) is 6.64. The van der Waals surface area contributed by atoms with Crippen molar-refractivity contribution in [3.8, 4) is 5.69 Å². The van der Waals surface area contributed by atoms with E-state index in [-0.39, 0.29) is 12.3 Å². The summed E-state index contributed by atoms with van der Waals surface area (Å²) in [5.74, 6) is -0.604. The van der Waals surface area contributed by atoms with Crippen LogP contribution in [0, 0.1) is 13.8 Å². The van der Waals surface area contributed by atoms with E-state index in [9.17, 15) is 18.0 Å². The lowest BCUT2D eigenvalue weighted by Crippen LogP contribution is -2.25. The molecule has 1 atom stereocenters. The first-order valence-corrected chi connectivity index (χ1v) is 7.32. The van der Waals surface area contributed by atoms with Gasteiger partial charge in [-0.2, -0.15) is 18.3 Å². The molecule has 8 heteroatoms. The Hall–Kier alpha value is -2.35. The molecule has 24 heavy (non-hydrogen) atoms.